The van der Waals surface area contributed by atoms with Crippen molar-refractivity contribution in [1.82, 2.24) is 4.90 Å². The number of amides is 1. The second kappa shape index (κ2) is 5.89. The Morgan fingerprint density at radius 1 is 1.35 bits per heavy atom. The third kappa shape index (κ3) is 3.79. The van der Waals surface area contributed by atoms with E-state index in [1.165, 1.54) is 14.0 Å². The van der Waals surface area contributed by atoms with Gasteiger partial charge >= 0.3 is 12.1 Å². The number of aliphatic carboxylic acids is 1. The van der Waals surface area contributed by atoms with Gasteiger partial charge in [0.1, 0.15) is 12.6 Å². The van der Waals surface area contributed by atoms with Crippen molar-refractivity contribution in [3.63, 3.8) is 0 Å². The van der Waals surface area contributed by atoms with Gasteiger partial charge in [-0.15, -0.1) is 0 Å². The van der Waals surface area contributed by atoms with Crippen molar-refractivity contribution in [2.24, 2.45) is 0 Å². The smallest absolute Gasteiger partial charge is 0.410 e. The second-order valence-electron chi connectivity index (χ2n) is 3.67. The molecule has 0 heterocycles. The number of hydrogen-bond acceptors (Lipinski definition) is 3. The zero-order valence-electron chi connectivity index (χ0n) is 9.79. The van der Waals surface area contributed by atoms with Crippen molar-refractivity contribution < 1.29 is 19.4 Å². The van der Waals surface area contributed by atoms with Gasteiger partial charge < -0.3 is 9.84 Å². The first-order valence-corrected chi connectivity index (χ1v) is 5.18. The van der Waals surface area contributed by atoms with Crippen molar-refractivity contribution in [3.8, 4) is 0 Å². The Kier molecular flexibility index (Phi) is 4.51. The van der Waals surface area contributed by atoms with Crippen LogP contribution in [0, 0.1) is 0 Å². The minimum absolute atomic E-state index is 0.135. The summed E-state index contributed by atoms with van der Waals surface area (Å²) in [4.78, 5) is 23.2. The van der Waals surface area contributed by atoms with Crippen LogP contribution in [0.4, 0.5) is 4.79 Å². The Bertz CT molecular complexity index is 391. The molecule has 0 aliphatic heterocycles. The number of carboxylic acids is 1. The molecule has 0 aliphatic rings. The second-order valence-corrected chi connectivity index (χ2v) is 3.67. The maximum atomic E-state index is 11.5. The molecule has 1 amide bonds. The van der Waals surface area contributed by atoms with Crippen LogP contribution in [-0.2, 0) is 16.1 Å². The predicted octanol–water partition coefficient (Wildman–Crippen LogP) is 1.73. The topological polar surface area (TPSA) is 66.8 Å². The molecule has 1 aromatic rings. The van der Waals surface area contributed by atoms with Crippen LogP contribution in [0.15, 0.2) is 30.3 Å². The highest BCUT2D eigenvalue weighted by molar-refractivity contribution is 5.79. The van der Waals surface area contributed by atoms with E-state index in [1.807, 2.05) is 30.3 Å². The van der Waals surface area contributed by atoms with Gasteiger partial charge in [0.25, 0.3) is 0 Å². The van der Waals surface area contributed by atoms with Crippen molar-refractivity contribution >= 4 is 12.1 Å². The summed E-state index contributed by atoms with van der Waals surface area (Å²) in [6, 6.07) is 8.30. The first kappa shape index (κ1) is 13.0. The van der Waals surface area contributed by atoms with Gasteiger partial charge in [-0.25, -0.2) is 9.59 Å². The molecule has 0 bridgehead atoms. The molecule has 5 nitrogen and oxygen atoms in total. The molecule has 5 heteroatoms. The summed E-state index contributed by atoms with van der Waals surface area (Å²) in [5.41, 5.74) is 0.859. The van der Waals surface area contributed by atoms with Gasteiger partial charge in [0, 0.05) is 7.05 Å². The third-order valence-corrected chi connectivity index (χ3v) is 2.43. The average molecular weight is 237 g/mol. The number of carboxylic acid groups (broad SMARTS) is 1. The normalized spacial score (nSPS) is 11.6. The third-order valence-electron chi connectivity index (χ3n) is 2.43. The van der Waals surface area contributed by atoms with E-state index in [1.54, 1.807) is 0 Å². The number of rotatable bonds is 4. The molecule has 0 spiro atoms. The number of ether oxygens (including phenoxy) is 1. The summed E-state index contributed by atoms with van der Waals surface area (Å²) in [6.07, 6.45) is -0.649. The Balaban J connectivity index is 2.47. The maximum Gasteiger partial charge on any atom is 0.410 e. The van der Waals surface area contributed by atoms with E-state index in [0.717, 1.165) is 10.5 Å². The Labute approximate surface area is 99.6 Å². The minimum atomic E-state index is -1.07. The van der Waals surface area contributed by atoms with Crippen molar-refractivity contribution in [2.75, 3.05) is 7.05 Å². The van der Waals surface area contributed by atoms with Crippen molar-refractivity contribution in [1.29, 1.82) is 0 Å². The first-order valence-electron chi connectivity index (χ1n) is 5.18. The van der Waals surface area contributed by atoms with E-state index in [-0.39, 0.29) is 6.61 Å². The minimum Gasteiger partial charge on any atom is -0.480 e. The summed E-state index contributed by atoms with van der Waals surface area (Å²) in [7, 11) is 1.39. The summed E-state index contributed by atoms with van der Waals surface area (Å²) in [6.45, 7) is 1.56. The van der Waals surface area contributed by atoms with Gasteiger partial charge in [0.05, 0.1) is 0 Å². The van der Waals surface area contributed by atoms with Crippen LogP contribution in [-0.4, -0.2) is 35.2 Å². The zero-order chi connectivity index (χ0) is 12.8. The lowest BCUT2D eigenvalue weighted by molar-refractivity contribution is -0.141. The summed E-state index contributed by atoms with van der Waals surface area (Å²) >= 11 is 0. The summed E-state index contributed by atoms with van der Waals surface area (Å²) in [5.74, 6) is -1.07. The Hall–Kier alpha value is -2.04. The highest BCUT2D eigenvalue weighted by Crippen LogP contribution is 2.04. The van der Waals surface area contributed by atoms with Gasteiger partial charge in [-0.1, -0.05) is 30.3 Å². The van der Waals surface area contributed by atoms with Gasteiger partial charge in [0.15, 0.2) is 0 Å². The van der Waals surface area contributed by atoms with Crippen LogP contribution in [0.1, 0.15) is 12.5 Å². The molecule has 1 N–H and O–H groups in total. The maximum absolute atomic E-state index is 11.5. The van der Waals surface area contributed by atoms with E-state index in [4.69, 9.17) is 9.84 Å². The van der Waals surface area contributed by atoms with E-state index < -0.39 is 18.1 Å². The quantitative estimate of drug-likeness (QED) is 0.866. The fraction of sp³-hybridized carbons (Fsp3) is 0.333. The molecule has 0 aromatic heterocycles. The van der Waals surface area contributed by atoms with E-state index in [2.05, 4.69) is 0 Å². The number of hydrogen-bond donors (Lipinski definition) is 1. The molecule has 17 heavy (non-hydrogen) atoms. The average Bonchev–Trinajstić information content (AvgIpc) is 2.35. The fourth-order valence-corrected chi connectivity index (χ4v) is 1.14. The lowest BCUT2D eigenvalue weighted by atomic mass is 10.2. The molecule has 0 radical (unpaired) electrons. The number of nitrogens with zero attached hydrogens (tertiary/aromatic N) is 1. The summed E-state index contributed by atoms with van der Waals surface area (Å²) < 4.78 is 4.98. The van der Waals surface area contributed by atoms with E-state index in [0.29, 0.717) is 0 Å². The Morgan fingerprint density at radius 2 is 1.94 bits per heavy atom. The van der Waals surface area contributed by atoms with E-state index in [9.17, 15) is 9.59 Å². The predicted molar refractivity (Wildman–Crippen MR) is 61.5 cm³/mol. The van der Waals surface area contributed by atoms with Crippen LogP contribution in [0.5, 0.6) is 0 Å². The highest BCUT2D eigenvalue weighted by atomic mass is 16.6. The monoisotopic (exact) mass is 237 g/mol. The molecule has 1 rings (SSSR count). The van der Waals surface area contributed by atoms with Gasteiger partial charge in [-0.3, -0.25) is 4.90 Å². The van der Waals surface area contributed by atoms with Crippen LogP contribution < -0.4 is 0 Å². The number of benzene rings is 1. The molecule has 0 unspecified atom stereocenters. The fourth-order valence-electron chi connectivity index (χ4n) is 1.14. The number of carbonyl (C=O) groups is 2. The van der Waals surface area contributed by atoms with Crippen LogP contribution in [0.25, 0.3) is 0 Å². The first-order chi connectivity index (χ1) is 8.02. The zero-order valence-corrected chi connectivity index (χ0v) is 9.79. The largest absolute Gasteiger partial charge is 0.480 e. The van der Waals surface area contributed by atoms with Crippen molar-refractivity contribution in [3.05, 3.63) is 35.9 Å². The molecule has 92 valence electrons. The standard InChI is InChI=1S/C12H15NO4/c1-9(11(14)15)13(2)12(16)17-8-10-6-4-3-5-7-10/h3-7,9H,8H2,1-2H3,(H,14,15)/t9-/m1/s1. The van der Waals surface area contributed by atoms with Crippen LogP contribution in [0.2, 0.25) is 0 Å². The molecule has 0 aliphatic carbocycles. The van der Waals surface area contributed by atoms with E-state index >= 15 is 0 Å². The van der Waals surface area contributed by atoms with Crippen LogP contribution in [0.3, 0.4) is 0 Å². The van der Waals surface area contributed by atoms with Gasteiger partial charge in [-0.05, 0) is 12.5 Å². The van der Waals surface area contributed by atoms with Gasteiger partial charge in [-0.2, -0.15) is 0 Å². The summed E-state index contributed by atoms with van der Waals surface area (Å²) in [5, 5.41) is 8.74. The Morgan fingerprint density at radius 3 is 2.47 bits per heavy atom. The number of likely N-dealkylation sites (N-methyl/N-ethyl adjacent to an activating group) is 1. The lowest BCUT2D eigenvalue weighted by Crippen LogP contribution is -2.40. The highest BCUT2D eigenvalue weighted by Gasteiger charge is 2.22. The molecule has 0 fully saturated rings. The van der Waals surface area contributed by atoms with Gasteiger partial charge in [0.2, 0.25) is 0 Å². The molecular formula is C12H15NO4. The van der Waals surface area contributed by atoms with Crippen LogP contribution >= 0.6 is 0 Å². The SMILES string of the molecule is C[C@H](C(=O)O)N(C)C(=O)OCc1ccccc1. The lowest BCUT2D eigenvalue weighted by Gasteiger charge is -2.20. The molecular weight excluding hydrogens is 222 g/mol. The molecule has 0 saturated carbocycles. The molecule has 1 aromatic carbocycles. The van der Waals surface area contributed by atoms with Crippen molar-refractivity contribution in [2.45, 2.75) is 19.6 Å². The number of carbonyl (C=O) groups excluding carboxylic acids is 1. The molecule has 1 atom stereocenters. The molecule has 0 saturated heterocycles.